The molecule has 0 amide bonds. The summed E-state index contributed by atoms with van der Waals surface area (Å²) in [4.78, 5) is 28.6. The third-order valence-electron chi connectivity index (χ3n) is 7.85. The van der Waals surface area contributed by atoms with E-state index in [2.05, 4.69) is 107 Å². The van der Waals surface area contributed by atoms with Gasteiger partial charge >= 0.3 is 11.9 Å². The van der Waals surface area contributed by atoms with Crippen molar-refractivity contribution in [2.75, 3.05) is 61.7 Å². The van der Waals surface area contributed by atoms with Crippen molar-refractivity contribution in [2.45, 2.75) is 12.8 Å². The minimum atomic E-state index is -0.278. The summed E-state index contributed by atoms with van der Waals surface area (Å²) < 4.78 is 14.8. The van der Waals surface area contributed by atoms with E-state index in [0.29, 0.717) is 13.2 Å². The van der Waals surface area contributed by atoms with E-state index in [4.69, 9.17) is 9.47 Å². The zero-order valence-electron chi connectivity index (χ0n) is 29.4. The molecule has 0 aliphatic rings. The molecular weight excluding hydrogens is 665 g/mol. The summed E-state index contributed by atoms with van der Waals surface area (Å²) in [7, 11) is 10.7. The Kier molecular flexibility index (Phi) is 16.0. The fourth-order valence-electron chi connectivity index (χ4n) is 4.81. The molecule has 0 saturated heterocycles. The van der Waals surface area contributed by atoms with Crippen molar-refractivity contribution >= 4 is 69.2 Å². The van der Waals surface area contributed by atoms with Gasteiger partial charge in [0.25, 0.3) is 0 Å². The molecule has 0 bridgehead atoms. The second kappa shape index (κ2) is 20.9. The lowest BCUT2D eigenvalue weighted by Gasteiger charge is -2.19. The first-order chi connectivity index (χ1) is 24.2. The normalized spacial score (nSPS) is 11.2. The van der Waals surface area contributed by atoms with Crippen LogP contribution < -0.4 is 18.9 Å². The average molecular weight is 713 g/mol. The van der Waals surface area contributed by atoms with Crippen molar-refractivity contribution in [2.24, 2.45) is 14.1 Å². The topological polar surface area (TPSA) is 66.8 Å². The Labute approximate surface area is 304 Å². The number of hydrogen-bond acceptors (Lipinski definition) is 8. The number of benzene rings is 2. The molecule has 0 atom stereocenters. The molecule has 10 heteroatoms. The van der Waals surface area contributed by atoms with E-state index < -0.39 is 0 Å². The van der Waals surface area contributed by atoms with E-state index in [1.165, 1.54) is 21.6 Å². The monoisotopic (exact) mass is 712 g/mol. The standard InChI is InChI=1S/C40H48N4O4S2/c1-41-25-19-35(20-26-41)9-7-33-11-15-37(16-12-33)43(3)23-5-29-47-39(45)31-49-50-32-40(46)48-30-6-24-44(4)38-17-13-34(14-18-38)8-10-36-21-27-42(2)28-22-36/h7-22,25-28H,5-6,23-24,29-32H2,1-4H3/q+2. The number of nitrogens with zero attached hydrogens (tertiary/aromatic N) is 4. The van der Waals surface area contributed by atoms with E-state index in [9.17, 15) is 9.59 Å². The molecule has 2 aromatic carbocycles. The van der Waals surface area contributed by atoms with Crippen LogP contribution in [0.25, 0.3) is 24.3 Å². The summed E-state index contributed by atoms with van der Waals surface area (Å²) in [5.41, 5.74) is 6.81. The number of carbonyl (C=O) groups is 2. The van der Waals surface area contributed by atoms with Crippen molar-refractivity contribution in [1.29, 1.82) is 0 Å². The third kappa shape index (κ3) is 14.1. The fraction of sp³-hybridized carbons (Fsp3) is 0.300. The Hall–Kier alpha value is -4.54. The Balaban J connectivity index is 0.999. The van der Waals surface area contributed by atoms with Crippen molar-refractivity contribution in [3.8, 4) is 0 Å². The summed E-state index contributed by atoms with van der Waals surface area (Å²) in [5.74, 6) is -0.178. The lowest BCUT2D eigenvalue weighted by Crippen LogP contribution is -2.25. The molecule has 262 valence electrons. The van der Waals surface area contributed by atoms with E-state index in [-0.39, 0.29) is 23.4 Å². The van der Waals surface area contributed by atoms with Gasteiger partial charge in [-0.05, 0) is 59.4 Å². The highest BCUT2D eigenvalue weighted by Crippen LogP contribution is 2.22. The van der Waals surface area contributed by atoms with Gasteiger partial charge in [0.05, 0.1) is 13.2 Å². The van der Waals surface area contributed by atoms with Gasteiger partial charge in [-0.2, -0.15) is 0 Å². The molecule has 4 rings (SSSR count). The zero-order chi connectivity index (χ0) is 35.6. The first-order valence-electron chi connectivity index (χ1n) is 16.7. The van der Waals surface area contributed by atoms with Crippen molar-refractivity contribution < 1.29 is 28.2 Å². The number of hydrogen-bond donors (Lipinski definition) is 0. The maximum absolute atomic E-state index is 12.1. The van der Waals surface area contributed by atoms with Crippen LogP contribution in [0.15, 0.2) is 97.6 Å². The predicted molar refractivity (Wildman–Crippen MR) is 209 cm³/mol. The summed E-state index contributed by atoms with van der Waals surface area (Å²) in [6.07, 6.45) is 18.0. The smallest absolute Gasteiger partial charge is 0.316 e. The molecule has 0 aliphatic heterocycles. The summed E-state index contributed by atoms with van der Waals surface area (Å²) >= 11 is 0. The summed E-state index contributed by atoms with van der Waals surface area (Å²) in [5, 5.41) is 0. The molecule has 8 nitrogen and oxygen atoms in total. The Morgan fingerprint density at radius 3 is 1.22 bits per heavy atom. The molecule has 2 heterocycles. The number of pyridine rings is 2. The lowest BCUT2D eigenvalue weighted by molar-refractivity contribution is -0.671. The van der Waals surface area contributed by atoms with E-state index in [0.717, 1.165) is 59.6 Å². The second-order valence-corrected chi connectivity index (χ2v) is 14.4. The molecule has 0 saturated carbocycles. The minimum Gasteiger partial charge on any atom is -0.465 e. The molecule has 50 heavy (non-hydrogen) atoms. The number of anilines is 2. The summed E-state index contributed by atoms with van der Waals surface area (Å²) in [6, 6.07) is 25.1. The molecule has 4 aromatic rings. The molecule has 0 radical (unpaired) electrons. The van der Waals surface area contributed by atoms with Crippen LogP contribution in [0.3, 0.4) is 0 Å². The van der Waals surface area contributed by atoms with E-state index >= 15 is 0 Å². The van der Waals surface area contributed by atoms with E-state index in [1.807, 2.05) is 62.1 Å². The average Bonchev–Trinajstić information content (AvgIpc) is 3.13. The SMILES string of the molecule is CN(CCCOC(=O)CSSCC(=O)OCCCN(C)c1ccc(/C=C/c2cc[n+](C)cc2)cc1)c1ccc(/C=C/c2cc[n+](C)cc2)cc1. The molecule has 0 unspecified atom stereocenters. The molecule has 0 fully saturated rings. The van der Waals surface area contributed by atoms with Crippen LogP contribution in [0.5, 0.6) is 0 Å². The zero-order valence-corrected chi connectivity index (χ0v) is 31.1. The van der Waals surface area contributed by atoms with Crippen molar-refractivity contribution in [1.82, 2.24) is 0 Å². The number of carbonyl (C=O) groups excluding carboxylic acids is 2. The summed E-state index contributed by atoms with van der Waals surface area (Å²) in [6.45, 7) is 2.25. The molecule has 0 N–H and O–H groups in total. The Bertz CT molecular complexity index is 1550. The molecular formula is C40H48N4O4S2+2. The van der Waals surface area contributed by atoms with Gasteiger partial charge in [-0.25, -0.2) is 9.13 Å². The van der Waals surface area contributed by atoms with Gasteiger partial charge in [0.1, 0.15) is 25.6 Å². The number of ether oxygens (including phenoxy) is 2. The van der Waals surface area contributed by atoms with Crippen LogP contribution in [0.2, 0.25) is 0 Å². The second-order valence-electron chi connectivity index (χ2n) is 12.0. The quantitative estimate of drug-likeness (QED) is 0.0473. The Morgan fingerprint density at radius 2 is 0.880 bits per heavy atom. The molecule has 0 aliphatic carbocycles. The third-order valence-corrected chi connectivity index (χ3v) is 9.93. The van der Waals surface area contributed by atoms with Crippen LogP contribution >= 0.6 is 21.6 Å². The minimum absolute atomic E-state index is 0.189. The maximum atomic E-state index is 12.1. The predicted octanol–water partition coefficient (Wildman–Crippen LogP) is 6.50. The first kappa shape index (κ1) is 38.3. The fourth-order valence-corrected chi connectivity index (χ4v) is 6.41. The van der Waals surface area contributed by atoms with Gasteiger partial charge < -0.3 is 19.3 Å². The number of aryl methyl sites for hydroxylation is 2. The number of aromatic nitrogens is 2. The van der Waals surface area contributed by atoms with Crippen LogP contribution in [-0.2, 0) is 33.2 Å². The van der Waals surface area contributed by atoms with Crippen molar-refractivity contribution in [3.05, 3.63) is 120 Å². The number of esters is 2. The van der Waals surface area contributed by atoms with Crippen LogP contribution in [-0.4, -0.2) is 63.8 Å². The van der Waals surface area contributed by atoms with Crippen molar-refractivity contribution in [3.63, 3.8) is 0 Å². The maximum Gasteiger partial charge on any atom is 0.316 e. The lowest BCUT2D eigenvalue weighted by atomic mass is 10.1. The van der Waals surface area contributed by atoms with Gasteiger partial charge in [0, 0.05) is 62.8 Å². The van der Waals surface area contributed by atoms with Crippen LogP contribution in [0, 0.1) is 0 Å². The van der Waals surface area contributed by atoms with Gasteiger partial charge in [-0.1, -0.05) is 70.2 Å². The largest absolute Gasteiger partial charge is 0.465 e. The number of rotatable bonds is 19. The highest BCUT2D eigenvalue weighted by atomic mass is 33.1. The van der Waals surface area contributed by atoms with Crippen LogP contribution in [0.4, 0.5) is 11.4 Å². The molecule has 2 aromatic heterocycles. The van der Waals surface area contributed by atoms with Gasteiger partial charge in [0.2, 0.25) is 0 Å². The van der Waals surface area contributed by atoms with Gasteiger partial charge in [-0.3, -0.25) is 9.59 Å². The van der Waals surface area contributed by atoms with Crippen LogP contribution in [0.1, 0.15) is 35.1 Å². The highest BCUT2D eigenvalue weighted by molar-refractivity contribution is 8.77. The highest BCUT2D eigenvalue weighted by Gasteiger charge is 2.09. The molecule has 0 spiro atoms. The first-order valence-corrected chi connectivity index (χ1v) is 19.2. The van der Waals surface area contributed by atoms with Gasteiger partial charge in [0.15, 0.2) is 24.8 Å². The Morgan fingerprint density at radius 1 is 0.560 bits per heavy atom. The van der Waals surface area contributed by atoms with Gasteiger partial charge in [-0.15, -0.1) is 0 Å². The van der Waals surface area contributed by atoms with E-state index in [1.54, 1.807) is 0 Å².